The van der Waals surface area contributed by atoms with Gasteiger partial charge in [0.1, 0.15) is 5.82 Å². The zero-order valence-corrected chi connectivity index (χ0v) is 18.2. The van der Waals surface area contributed by atoms with Crippen LogP contribution in [-0.2, 0) is 17.6 Å². The second-order valence-electron chi connectivity index (χ2n) is 7.46. The van der Waals surface area contributed by atoms with Crippen LogP contribution in [0, 0.1) is 11.6 Å². The number of nitrogens with one attached hydrogen (secondary N) is 1. The first-order valence-electron chi connectivity index (χ1n) is 10.3. The molecule has 33 heavy (non-hydrogen) atoms. The van der Waals surface area contributed by atoms with Crippen LogP contribution in [0.5, 0.6) is 0 Å². The minimum Gasteiger partial charge on any atom is -0.356 e. The number of aryl methyl sites for hydroxylation is 1. The average Bonchev–Trinajstić information content (AvgIpc) is 3.21. The van der Waals surface area contributed by atoms with Gasteiger partial charge in [0.15, 0.2) is 11.6 Å². The number of halogens is 3. The van der Waals surface area contributed by atoms with Crippen molar-refractivity contribution < 1.29 is 13.6 Å². The van der Waals surface area contributed by atoms with Gasteiger partial charge in [-0.1, -0.05) is 23.7 Å². The Kier molecular flexibility index (Phi) is 6.79. The smallest absolute Gasteiger partial charge is 0.300 e. The van der Waals surface area contributed by atoms with Crippen LogP contribution in [0.1, 0.15) is 24.2 Å². The molecule has 10 heteroatoms. The van der Waals surface area contributed by atoms with E-state index in [0.717, 1.165) is 17.7 Å². The maximum Gasteiger partial charge on any atom is 0.300 e. The summed E-state index contributed by atoms with van der Waals surface area (Å²) in [7, 11) is 0. The van der Waals surface area contributed by atoms with Crippen molar-refractivity contribution in [1.82, 2.24) is 24.5 Å². The Hall–Kier alpha value is -3.59. The molecule has 0 saturated carbocycles. The summed E-state index contributed by atoms with van der Waals surface area (Å²) in [5.41, 5.74) is 0.816. The van der Waals surface area contributed by atoms with Crippen molar-refractivity contribution in [3.63, 3.8) is 0 Å². The first-order chi connectivity index (χ1) is 15.9. The van der Waals surface area contributed by atoms with Crippen molar-refractivity contribution in [3.05, 3.63) is 93.3 Å². The van der Waals surface area contributed by atoms with Crippen LogP contribution in [0.25, 0.3) is 11.3 Å². The van der Waals surface area contributed by atoms with Crippen molar-refractivity contribution in [1.29, 1.82) is 0 Å². The second kappa shape index (κ2) is 9.91. The molecular weight excluding hydrogens is 452 g/mol. The normalized spacial score (nSPS) is 11.1. The van der Waals surface area contributed by atoms with Crippen molar-refractivity contribution in [2.45, 2.75) is 25.7 Å². The quantitative estimate of drug-likeness (QED) is 0.426. The van der Waals surface area contributed by atoms with Gasteiger partial charge in [-0.05, 0) is 42.7 Å². The summed E-state index contributed by atoms with van der Waals surface area (Å²) < 4.78 is 29.4. The third-order valence-electron chi connectivity index (χ3n) is 5.18. The molecule has 0 aliphatic rings. The maximum absolute atomic E-state index is 13.5. The zero-order valence-electron chi connectivity index (χ0n) is 17.5. The summed E-state index contributed by atoms with van der Waals surface area (Å²) in [6, 6.07) is 10.7. The largest absolute Gasteiger partial charge is 0.356 e. The Bertz CT molecular complexity index is 1350. The van der Waals surface area contributed by atoms with Crippen LogP contribution in [0.2, 0.25) is 5.02 Å². The molecule has 4 aromatic rings. The van der Waals surface area contributed by atoms with E-state index in [1.54, 1.807) is 6.20 Å². The lowest BCUT2D eigenvalue weighted by Gasteiger charge is -2.07. The third-order valence-corrected chi connectivity index (χ3v) is 5.43. The number of rotatable bonds is 8. The molecule has 170 valence electrons. The van der Waals surface area contributed by atoms with Gasteiger partial charge in [0.05, 0.1) is 5.69 Å². The van der Waals surface area contributed by atoms with Crippen LogP contribution in [-0.4, -0.2) is 31.6 Å². The van der Waals surface area contributed by atoms with E-state index in [1.165, 1.54) is 21.2 Å². The molecule has 0 spiro atoms. The van der Waals surface area contributed by atoms with Gasteiger partial charge in [-0.3, -0.25) is 18.6 Å². The Morgan fingerprint density at radius 3 is 2.55 bits per heavy atom. The minimum atomic E-state index is -1.05. The summed E-state index contributed by atoms with van der Waals surface area (Å²) in [6.07, 6.45) is 5.02. The fourth-order valence-electron chi connectivity index (χ4n) is 3.44. The van der Waals surface area contributed by atoms with Crippen LogP contribution in [0.15, 0.2) is 59.7 Å². The molecule has 4 rings (SSSR count). The zero-order chi connectivity index (χ0) is 23.4. The number of nitrogens with zero attached hydrogens (tertiary/aromatic N) is 4. The van der Waals surface area contributed by atoms with E-state index in [1.807, 2.05) is 24.3 Å². The molecule has 0 aliphatic carbocycles. The molecule has 2 aromatic heterocycles. The minimum absolute atomic E-state index is 0.0599. The predicted molar refractivity (Wildman–Crippen MR) is 120 cm³/mol. The number of amides is 1. The highest BCUT2D eigenvalue weighted by Crippen LogP contribution is 2.13. The van der Waals surface area contributed by atoms with Gasteiger partial charge in [-0.15, -0.1) is 10.2 Å². The molecule has 0 atom stereocenters. The van der Waals surface area contributed by atoms with E-state index in [-0.39, 0.29) is 17.2 Å². The predicted octanol–water partition coefficient (Wildman–Crippen LogP) is 3.49. The van der Waals surface area contributed by atoms with E-state index in [9.17, 15) is 18.4 Å². The molecule has 0 saturated heterocycles. The molecule has 0 bridgehead atoms. The lowest BCUT2D eigenvalue weighted by atomic mass is 10.1. The summed E-state index contributed by atoms with van der Waals surface area (Å²) in [6.45, 7) is 0.526. The molecule has 0 fully saturated rings. The molecular formula is C23H20ClF2N5O2. The number of hydrogen-bond donors (Lipinski definition) is 1. The Balaban J connectivity index is 1.34. The highest BCUT2D eigenvalue weighted by Gasteiger charge is 2.13. The molecule has 0 aliphatic heterocycles. The van der Waals surface area contributed by atoms with Crippen LogP contribution in [0.3, 0.4) is 0 Å². The number of fused-ring (bicyclic) bond motifs is 1. The van der Waals surface area contributed by atoms with Crippen molar-refractivity contribution in [2.75, 3.05) is 6.54 Å². The standard InChI is InChI=1S/C23H20ClF2N5O2/c24-16-6-4-15(5-7-16)10-11-27-21(32)3-1-2-20-28-29-22-23(33)30(12-13-31(20)22)17-8-9-18(25)19(26)14-17/h4-9,12-14H,1-3,10-11H2,(H,27,32). The summed E-state index contributed by atoms with van der Waals surface area (Å²) >= 11 is 5.86. The first-order valence-corrected chi connectivity index (χ1v) is 10.7. The van der Waals surface area contributed by atoms with E-state index in [0.29, 0.717) is 43.1 Å². The number of aromatic nitrogens is 4. The second-order valence-corrected chi connectivity index (χ2v) is 7.90. The maximum atomic E-state index is 13.5. The fourth-order valence-corrected chi connectivity index (χ4v) is 3.56. The summed E-state index contributed by atoms with van der Waals surface area (Å²) in [5.74, 6) is -1.58. The van der Waals surface area contributed by atoms with Gasteiger partial charge in [-0.2, -0.15) is 0 Å². The van der Waals surface area contributed by atoms with Gasteiger partial charge in [-0.25, -0.2) is 8.78 Å². The van der Waals surface area contributed by atoms with E-state index in [4.69, 9.17) is 11.6 Å². The molecule has 0 radical (unpaired) electrons. The number of hydrogen-bond acceptors (Lipinski definition) is 4. The van der Waals surface area contributed by atoms with E-state index < -0.39 is 17.2 Å². The number of benzene rings is 2. The number of carbonyl (C=O) groups is 1. The van der Waals surface area contributed by atoms with Crippen molar-refractivity contribution in [2.24, 2.45) is 0 Å². The van der Waals surface area contributed by atoms with Gasteiger partial charge in [0.25, 0.3) is 0 Å². The molecule has 2 heterocycles. The van der Waals surface area contributed by atoms with Crippen molar-refractivity contribution in [3.8, 4) is 5.69 Å². The van der Waals surface area contributed by atoms with Gasteiger partial charge < -0.3 is 5.32 Å². The third kappa shape index (κ3) is 5.25. The van der Waals surface area contributed by atoms with Crippen LogP contribution < -0.4 is 10.9 Å². The molecule has 1 amide bonds. The molecule has 2 aromatic carbocycles. The fraction of sp³-hybridized carbons (Fsp3) is 0.217. The average molecular weight is 472 g/mol. The first kappa shape index (κ1) is 22.6. The van der Waals surface area contributed by atoms with Gasteiger partial charge in [0.2, 0.25) is 11.6 Å². The summed E-state index contributed by atoms with van der Waals surface area (Å²) in [5, 5.41) is 11.5. The van der Waals surface area contributed by atoms with Crippen molar-refractivity contribution >= 4 is 23.2 Å². The lowest BCUT2D eigenvalue weighted by molar-refractivity contribution is -0.121. The van der Waals surface area contributed by atoms with Gasteiger partial charge in [0, 0.05) is 42.9 Å². The summed E-state index contributed by atoms with van der Waals surface area (Å²) in [4.78, 5) is 24.8. The SMILES string of the molecule is O=C(CCCc1nnc2c(=O)n(-c3ccc(F)c(F)c3)ccn12)NCCc1ccc(Cl)cc1. The number of carbonyl (C=O) groups excluding carboxylic acids is 1. The molecule has 1 N–H and O–H groups in total. The highest BCUT2D eigenvalue weighted by atomic mass is 35.5. The van der Waals surface area contributed by atoms with E-state index >= 15 is 0 Å². The molecule has 0 unspecified atom stereocenters. The van der Waals surface area contributed by atoms with Gasteiger partial charge >= 0.3 is 5.56 Å². The monoisotopic (exact) mass is 471 g/mol. The highest BCUT2D eigenvalue weighted by molar-refractivity contribution is 6.30. The Labute approximate surface area is 192 Å². The van der Waals surface area contributed by atoms with E-state index in [2.05, 4.69) is 15.5 Å². The Morgan fingerprint density at radius 1 is 1.00 bits per heavy atom. The Morgan fingerprint density at radius 2 is 1.79 bits per heavy atom. The van der Waals surface area contributed by atoms with Crippen LogP contribution >= 0.6 is 11.6 Å². The lowest BCUT2D eigenvalue weighted by Crippen LogP contribution is -2.25. The van der Waals surface area contributed by atoms with Crippen LogP contribution in [0.4, 0.5) is 8.78 Å². The topological polar surface area (TPSA) is 81.3 Å². The molecule has 7 nitrogen and oxygen atoms in total.